The molecule has 2 rings (SSSR count). The van der Waals surface area contributed by atoms with E-state index in [0.717, 1.165) is 38.9 Å². The molecule has 3 nitrogen and oxygen atoms in total. The summed E-state index contributed by atoms with van der Waals surface area (Å²) in [5.74, 6) is 0.965. The Balaban J connectivity index is 1.86. The van der Waals surface area contributed by atoms with Crippen LogP contribution in [0.1, 0.15) is 12.8 Å². The number of ether oxygens (including phenoxy) is 3. The maximum absolute atomic E-state index is 5.85. The molecular formula is C12H13I3O3. The number of benzene rings is 1. The molecule has 1 fully saturated rings. The van der Waals surface area contributed by atoms with Gasteiger partial charge in [0.25, 0.3) is 0 Å². The summed E-state index contributed by atoms with van der Waals surface area (Å²) in [5, 5.41) is 0. The number of rotatable bonds is 4. The molecule has 1 aromatic rings. The third-order valence-corrected chi connectivity index (χ3v) is 4.68. The zero-order chi connectivity index (χ0) is 13.0. The van der Waals surface area contributed by atoms with Gasteiger partial charge in [-0.25, -0.2) is 0 Å². The molecule has 0 aliphatic carbocycles. The lowest BCUT2D eigenvalue weighted by molar-refractivity contribution is -0.183. The minimum atomic E-state index is -0.0991. The van der Waals surface area contributed by atoms with Crippen molar-refractivity contribution in [2.24, 2.45) is 0 Å². The molecule has 1 heterocycles. The van der Waals surface area contributed by atoms with Crippen molar-refractivity contribution in [2.45, 2.75) is 19.1 Å². The standard InChI is InChI=1S/C12H13I3O3/c13-8-6-9(14)12(10(15)7-8)18-5-2-11-16-3-1-4-17-11/h6-7,11H,1-5H2. The molecule has 0 radical (unpaired) electrons. The van der Waals surface area contributed by atoms with Gasteiger partial charge in [-0.2, -0.15) is 0 Å². The van der Waals surface area contributed by atoms with Crippen LogP contribution in [0.5, 0.6) is 5.75 Å². The SMILES string of the molecule is Ic1cc(I)c(OCCC2OCCCO2)c(I)c1. The zero-order valence-corrected chi connectivity index (χ0v) is 16.1. The summed E-state index contributed by atoms with van der Waals surface area (Å²) in [6, 6.07) is 4.23. The number of hydrogen-bond acceptors (Lipinski definition) is 3. The smallest absolute Gasteiger partial charge is 0.160 e. The van der Waals surface area contributed by atoms with Crippen LogP contribution in [0.4, 0.5) is 0 Å². The average Bonchev–Trinajstić information content (AvgIpc) is 2.34. The van der Waals surface area contributed by atoms with Crippen molar-refractivity contribution in [1.82, 2.24) is 0 Å². The summed E-state index contributed by atoms with van der Waals surface area (Å²) in [4.78, 5) is 0. The Morgan fingerprint density at radius 3 is 2.33 bits per heavy atom. The molecular weight excluding hydrogens is 573 g/mol. The lowest BCUT2D eigenvalue weighted by Crippen LogP contribution is -2.26. The second-order valence-corrected chi connectivity index (χ2v) is 7.43. The van der Waals surface area contributed by atoms with Gasteiger partial charge in [-0.05, 0) is 86.3 Å². The van der Waals surface area contributed by atoms with Crippen molar-refractivity contribution in [3.05, 3.63) is 22.8 Å². The second-order valence-electron chi connectivity index (χ2n) is 3.86. The molecule has 0 atom stereocenters. The third-order valence-electron chi connectivity index (χ3n) is 2.46. The Kier molecular flexibility index (Phi) is 6.72. The quantitative estimate of drug-likeness (QED) is 0.500. The van der Waals surface area contributed by atoms with Gasteiger partial charge in [0, 0.05) is 9.99 Å². The Labute approximate surface area is 148 Å². The van der Waals surface area contributed by atoms with Crippen molar-refractivity contribution in [3.8, 4) is 5.75 Å². The van der Waals surface area contributed by atoms with Crippen LogP contribution in [0.15, 0.2) is 12.1 Å². The van der Waals surface area contributed by atoms with Gasteiger partial charge >= 0.3 is 0 Å². The van der Waals surface area contributed by atoms with E-state index in [4.69, 9.17) is 14.2 Å². The molecule has 18 heavy (non-hydrogen) atoms. The Morgan fingerprint density at radius 1 is 1.11 bits per heavy atom. The van der Waals surface area contributed by atoms with Gasteiger partial charge in [-0.1, -0.05) is 0 Å². The molecule has 0 N–H and O–H groups in total. The zero-order valence-electron chi connectivity index (χ0n) is 9.63. The first kappa shape index (κ1) is 15.5. The van der Waals surface area contributed by atoms with Crippen molar-refractivity contribution >= 4 is 67.8 Å². The maximum Gasteiger partial charge on any atom is 0.160 e. The summed E-state index contributed by atoms with van der Waals surface area (Å²) in [5.41, 5.74) is 0. The van der Waals surface area contributed by atoms with Crippen LogP contribution in [0.25, 0.3) is 0 Å². The largest absolute Gasteiger partial charge is 0.491 e. The highest BCUT2D eigenvalue weighted by molar-refractivity contribution is 14.1. The predicted molar refractivity (Wildman–Crippen MR) is 95.0 cm³/mol. The molecule has 0 saturated carbocycles. The molecule has 0 bridgehead atoms. The third kappa shape index (κ3) is 4.60. The number of hydrogen-bond donors (Lipinski definition) is 0. The fraction of sp³-hybridized carbons (Fsp3) is 0.500. The predicted octanol–water partition coefficient (Wildman–Crippen LogP) is 4.03. The van der Waals surface area contributed by atoms with Crippen LogP contribution in [0, 0.1) is 10.7 Å². The summed E-state index contributed by atoms with van der Waals surface area (Å²) in [7, 11) is 0. The van der Waals surface area contributed by atoms with Crippen LogP contribution >= 0.6 is 67.8 Å². The molecule has 1 aromatic carbocycles. The molecule has 1 aliphatic rings. The fourth-order valence-corrected chi connectivity index (χ4v) is 5.52. The van der Waals surface area contributed by atoms with Crippen LogP contribution in [-0.2, 0) is 9.47 Å². The van der Waals surface area contributed by atoms with Gasteiger partial charge in [0.1, 0.15) is 5.75 Å². The van der Waals surface area contributed by atoms with E-state index in [9.17, 15) is 0 Å². The lowest BCUT2D eigenvalue weighted by Gasteiger charge is -2.23. The second kappa shape index (κ2) is 7.79. The van der Waals surface area contributed by atoms with E-state index in [0.29, 0.717) is 6.61 Å². The summed E-state index contributed by atoms with van der Waals surface area (Å²) >= 11 is 6.93. The van der Waals surface area contributed by atoms with Gasteiger partial charge in [-0.15, -0.1) is 0 Å². The van der Waals surface area contributed by atoms with Gasteiger partial charge in [0.05, 0.1) is 27.0 Å². The number of halogens is 3. The van der Waals surface area contributed by atoms with Crippen LogP contribution in [0.2, 0.25) is 0 Å². The van der Waals surface area contributed by atoms with E-state index in [2.05, 4.69) is 79.9 Å². The van der Waals surface area contributed by atoms with E-state index in [1.54, 1.807) is 0 Å². The first-order valence-electron chi connectivity index (χ1n) is 5.67. The van der Waals surface area contributed by atoms with Crippen LogP contribution in [-0.4, -0.2) is 26.1 Å². The highest BCUT2D eigenvalue weighted by atomic mass is 127. The van der Waals surface area contributed by atoms with Crippen molar-refractivity contribution in [1.29, 1.82) is 0 Å². The normalized spacial score (nSPS) is 16.8. The first-order chi connectivity index (χ1) is 8.66. The highest BCUT2D eigenvalue weighted by Gasteiger charge is 2.15. The lowest BCUT2D eigenvalue weighted by atomic mass is 10.3. The molecule has 100 valence electrons. The average molecular weight is 586 g/mol. The Bertz CT molecular complexity index is 383. The van der Waals surface area contributed by atoms with Gasteiger partial charge in [0.2, 0.25) is 0 Å². The monoisotopic (exact) mass is 586 g/mol. The molecule has 1 saturated heterocycles. The molecule has 0 unspecified atom stereocenters. The van der Waals surface area contributed by atoms with Gasteiger partial charge < -0.3 is 14.2 Å². The summed E-state index contributed by atoms with van der Waals surface area (Å²) in [6.45, 7) is 2.21. The highest BCUT2D eigenvalue weighted by Crippen LogP contribution is 2.29. The summed E-state index contributed by atoms with van der Waals surface area (Å²) < 4.78 is 20.3. The first-order valence-corrected chi connectivity index (χ1v) is 8.91. The van der Waals surface area contributed by atoms with E-state index in [1.165, 1.54) is 3.57 Å². The van der Waals surface area contributed by atoms with Crippen LogP contribution in [0.3, 0.4) is 0 Å². The summed E-state index contributed by atoms with van der Waals surface area (Å²) in [6.07, 6.45) is 1.67. The molecule has 1 aliphatic heterocycles. The molecule has 0 spiro atoms. The Hall–Kier alpha value is 1.13. The molecule has 6 heteroatoms. The molecule has 0 aromatic heterocycles. The van der Waals surface area contributed by atoms with E-state index < -0.39 is 0 Å². The van der Waals surface area contributed by atoms with Gasteiger partial charge in [-0.3, -0.25) is 0 Å². The topological polar surface area (TPSA) is 27.7 Å². The van der Waals surface area contributed by atoms with Crippen molar-refractivity contribution < 1.29 is 14.2 Å². The van der Waals surface area contributed by atoms with E-state index in [1.807, 2.05) is 0 Å². The Morgan fingerprint density at radius 2 is 1.72 bits per heavy atom. The van der Waals surface area contributed by atoms with Crippen molar-refractivity contribution in [3.63, 3.8) is 0 Å². The van der Waals surface area contributed by atoms with E-state index >= 15 is 0 Å². The fourth-order valence-electron chi connectivity index (χ4n) is 1.63. The minimum Gasteiger partial charge on any atom is -0.491 e. The van der Waals surface area contributed by atoms with Gasteiger partial charge in [0.15, 0.2) is 6.29 Å². The van der Waals surface area contributed by atoms with Crippen LogP contribution < -0.4 is 4.74 Å². The van der Waals surface area contributed by atoms with E-state index in [-0.39, 0.29) is 6.29 Å². The van der Waals surface area contributed by atoms with Crippen molar-refractivity contribution in [2.75, 3.05) is 19.8 Å². The molecule has 0 amide bonds. The minimum absolute atomic E-state index is 0.0991. The maximum atomic E-state index is 5.85.